The van der Waals surface area contributed by atoms with E-state index in [1.807, 2.05) is 30.3 Å². The van der Waals surface area contributed by atoms with E-state index in [4.69, 9.17) is 5.11 Å². The van der Waals surface area contributed by atoms with Crippen LogP contribution in [0.4, 0.5) is 10.5 Å². The van der Waals surface area contributed by atoms with Crippen molar-refractivity contribution in [2.45, 2.75) is 31.7 Å². The lowest BCUT2D eigenvalue weighted by Gasteiger charge is -2.27. The highest BCUT2D eigenvalue weighted by molar-refractivity contribution is 5.89. The largest absolute Gasteiger partial charge is 0.396 e. The minimum absolute atomic E-state index is 0.145. The second kappa shape index (κ2) is 6.40. The molecule has 0 aromatic heterocycles. The predicted octanol–water partition coefficient (Wildman–Crippen LogP) is 2.36. The first kappa shape index (κ1) is 12.9. The molecule has 0 spiro atoms. The maximum atomic E-state index is 11.8. The zero-order valence-corrected chi connectivity index (χ0v) is 10.4. The van der Waals surface area contributed by atoms with Crippen molar-refractivity contribution in [1.82, 2.24) is 5.32 Å². The fourth-order valence-corrected chi connectivity index (χ4v) is 2.36. The van der Waals surface area contributed by atoms with E-state index < -0.39 is 0 Å². The van der Waals surface area contributed by atoms with Gasteiger partial charge in [-0.3, -0.25) is 0 Å². The summed E-state index contributed by atoms with van der Waals surface area (Å²) in [5, 5.41) is 14.8. The molecule has 1 saturated carbocycles. The van der Waals surface area contributed by atoms with Crippen molar-refractivity contribution >= 4 is 11.7 Å². The van der Waals surface area contributed by atoms with Crippen LogP contribution in [0, 0.1) is 5.92 Å². The lowest BCUT2D eigenvalue weighted by Crippen LogP contribution is -2.40. The summed E-state index contributed by atoms with van der Waals surface area (Å²) in [5.41, 5.74) is 0.805. The third-order valence-electron chi connectivity index (χ3n) is 3.47. The Morgan fingerprint density at radius 1 is 1.17 bits per heavy atom. The van der Waals surface area contributed by atoms with E-state index in [0.717, 1.165) is 31.4 Å². The summed E-state index contributed by atoms with van der Waals surface area (Å²) in [4.78, 5) is 11.8. The van der Waals surface area contributed by atoms with Gasteiger partial charge < -0.3 is 15.7 Å². The lowest BCUT2D eigenvalue weighted by atomic mass is 9.87. The second-order valence-corrected chi connectivity index (χ2v) is 4.86. The number of benzene rings is 1. The van der Waals surface area contributed by atoms with Gasteiger partial charge >= 0.3 is 6.03 Å². The molecule has 0 bridgehead atoms. The fraction of sp³-hybridized carbons (Fsp3) is 0.500. The Morgan fingerprint density at radius 2 is 1.83 bits per heavy atom. The van der Waals surface area contributed by atoms with Gasteiger partial charge in [-0.15, -0.1) is 0 Å². The highest BCUT2D eigenvalue weighted by Crippen LogP contribution is 2.23. The molecule has 2 rings (SSSR count). The van der Waals surface area contributed by atoms with E-state index >= 15 is 0 Å². The van der Waals surface area contributed by atoms with Crippen LogP contribution >= 0.6 is 0 Å². The molecule has 4 nitrogen and oxygen atoms in total. The molecule has 1 aliphatic carbocycles. The third-order valence-corrected chi connectivity index (χ3v) is 3.47. The van der Waals surface area contributed by atoms with E-state index in [-0.39, 0.29) is 18.7 Å². The fourth-order valence-electron chi connectivity index (χ4n) is 2.36. The van der Waals surface area contributed by atoms with Crippen LogP contribution in [0.1, 0.15) is 25.7 Å². The Hall–Kier alpha value is -1.55. The minimum atomic E-state index is -0.145. The van der Waals surface area contributed by atoms with Crippen LogP contribution in [0.5, 0.6) is 0 Å². The number of aliphatic hydroxyl groups is 1. The Kier molecular flexibility index (Phi) is 4.59. The number of rotatable bonds is 3. The number of anilines is 1. The number of aliphatic hydroxyl groups excluding tert-OH is 1. The van der Waals surface area contributed by atoms with Gasteiger partial charge in [-0.25, -0.2) is 4.79 Å². The summed E-state index contributed by atoms with van der Waals surface area (Å²) in [7, 11) is 0. The number of amides is 2. The maximum absolute atomic E-state index is 11.8. The molecule has 0 unspecified atom stereocenters. The van der Waals surface area contributed by atoms with E-state index in [1.165, 1.54) is 0 Å². The topological polar surface area (TPSA) is 61.4 Å². The van der Waals surface area contributed by atoms with Crippen molar-refractivity contribution in [2.24, 2.45) is 5.92 Å². The van der Waals surface area contributed by atoms with Gasteiger partial charge in [0.05, 0.1) is 0 Å². The summed E-state index contributed by atoms with van der Waals surface area (Å²) >= 11 is 0. The molecule has 1 aromatic carbocycles. The van der Waals surface area contributed by atoms with Crippen LogP contribution in [-0.4, -0.2) is 23.8 Å². The van der Waals surface area contributed by atoms with Crippen molar-refractivity contribution in [1.29, 1.82) is 0 Å². The Morgan fingerprint density at radius 3 is 2.44 bits per heavy atom. The molecule has 18 heavy (non-hydrogen) atoms. The smallest absolute Gasteiger partial charge is 0.319 e. The van der Waals surface area contributed by atoms with Crippen LogP contribution in [0.3, 0.4) is 0 Å². The second-order valence-electron chi connectivity index (χ2n) is 4.86. The van der Waals surface area contributed by atoms with Crippen LogP contribution in [-0.2, 0) is 0 Å². The third kappa shape index (κ3) is 3.74. The SMILES string of the molecule is O=C(Nc1ccccc1)NC1CCC(CO)CC1. The maximum Gasteiger partial charge on any atom is 0.319 e. The highest BCUT2D eigenvalue weighted by atomic mass is 16.3. The Balaban J connectivity index is 1.75. The normalized spacial score (nSPS) is 23.4. The molecular weight excluding hydrogens is 228 g/mol. The number of carbonyl (C=O) groups excluding carboxylic acids is 1. The number of nitrogens with one attached hydrogen (secondary N) is 2. The average Bonchev–Trinajstić information content (AvgIpc) is 2.40. The van der Waals surface area contributed by atoms with Crippen molar-refractivity contribution in [3.63, 3.8) is 0 Å². The summed E-state index contributed by atoms with van der Waals surface area (Å²) in [6.07, 6.45) is 3.89. The first-order valence-corrected chi connectivity index (χ1v) is 6.51. The molecule has 0 saturated heterocycles. The molecule has 3 N–H and O–H groups in total. The molecule has 0 heterocycles. The predicted molar refractivity (Wildman–Crippen MR) is 71.4 cm³/mol. The molecule has 4 heteroatoms. The molecule has 1 aliphatic rings. The zero-order valence-electron chi connectivity index (χ0n) is 10.4. The summed E-state index contributed by atoms with van der Waals surface area (Å²) in [6.45, 7) is 0.267. The summed E-state index contributed by atoms with van der Waals surface area (Å²) in [6, 6.07) is 9.51. The van der Waals surface area contributed by atoms with Gasteiger partial charge in [0.15, 0.2) is 0 Å². The number of urea groups is 1. The van der Waals surface area contributed by atoms with Gasteiger partial charge in [-0.05, 0) is 43.7 Å². The standard InChI is InChI=1S/C14H20N2O2/c17-10-11-6-8-13(9-7-11)16-14(18)15-12-4-2-1-3-5-12/h1-5,11,13,17H,6-10H2,(H2,15,16,18). The summed E-state index contributed by atoms with van der Waals surface area (Å²) < 4.78 is 0. The molecule has 1 aromatic rings. The molecular formula is C14H20N2O2. The quantitative estimate of drug-likeness (QED) is 0.769. The van der Waals surface area contributed by atoms with E-state index in [2.05, 4.69) is 10.6 Å². The van der Waals surface area contributed by atoms with Gasteiger partial charge in [0.2, 0.25) is 0 Å². The van der Waals surface area contributed by atoms with Crippen molar-refractivity contribution < 1.29 is 9.90 Å². The highest BCUT2D eigenvalue weighted by Gasteiger charge is 2.21. The van der Waals surface area contributed by atoms with Crippen molar-refractivity contribution in [3.8, 4) is 0 Å². The number of hydrogen-bond donors (Lipinski definition) is 3. The van der Waals surface area contributed by atoms with Gasteiger partial charge in [0, 0.05) is 18.3 Å². The molecule has 0 atom stereocenters. The Bertz CT molecular complexity index is 373. The molecule has 1 fully saturated rings. The molecule has 2 amide bonds. The lowest BCUT2D eigenvalue weighted by molar-refractivity contribution is 0.176. The molecule has 98 valence electrons. The first-order valence-electron chi connectivity index (χ1n) is 6.51. The average molecular weight is 248 g/mol. The monoisotopic (exact) mass is 248 g/mol. The van der Waals surface area contributed by atoms with E-state index in [9.17, 15) is 4.79 Å². The van der Waals surface area contributed by atoms with E-state index in [0.29, 0.717) is 5.92 Å². The number of hydrogen-bond acceptors (Lipinski definition) is 2. The minimum Gasteiger partial charge on any atom is -0.396 e. The first-order chi connectivity index (χ1) is 8.78. The Labute approximate surface area is 107 Å². The number of carbonyl (C=O) groups is 1. The van der Waals surface area contributed by atoms with Crippen molar-refractivity contribution in [3.05, 3.63) is 30.3 Å². The van der Waals surface area contributed by atoms with Crippen molar-refractivity contribution in [2.75, 3.05) is 11.9 Å². The van der Waals surface area contributed by atoms with Crippen LogP contribution in [0.2, 0.25) is 0 Å². The van der Waals surface area contributed by atoms with Gasteiger partial charge in [0.25, 0.3) is 0 Å². The van der Waals surface area contributed by atoms with Crippen LogP contribution in [0.25, 0.3) is 0 Å². The van der Waals surface area contributed by atoms with Crippen LogP contribution < -0.4 is 10.6 Å². The molecule has 0 aliphatic heterocycles. The molecule has 0 radical (unpaired) electrons. The number of para-hydroxylation sites is 1. The van der Waals surface area contributed by atoms with Gasteiger partial charge in [-0.1, -0.05) is 18.2 Å². The van der Waals surface area contributed by atoms with Gasteiger partial charge in [0.1, 0.15) is 0 Å². The van der Waals surface area contributed by atoms with E-state index in [1.54, 1.807) is 0 Å². The van der Waals surface area contributed by atoms with Crippen LogP contribution in [0.15, 0.2) is 30.3 Å². The summed E-state index contributed by atoms with van der Waals surface area (Å²) in [5.74, 6) is 0.417. The van der Waals surface area contributed by atoms with Gasteiger partial charge in [-0.2, -0.15) is 0 Å². The zero-order chi connectivity index (χ0) is 12.8.